The van der Waals surface area contributed by atoms with E-state index < -0.39 is 10.0 Å². The van der Waals surface area contributed by atoms with Crippen molar-refractivity contribution in [2.75, 3.05) is 13.1 Å². The lowest BCUT2D eigenvalue weighted by atomic mass is 9.98. The van der Waals surface area contributed by atoms with Crippen molar-refractivity contribution in [2.45, 2.75) is 43.5 Å². The lowest BCUT2D eigenvalue weighted by Gasteiger charge is -2.32. The molecule has 0 bridgehead atoms. The fourth-order valence-electron chi connectivity index (χ4n) is 3.59. The average molecular weight is 435 g/mol. The largest absolute Gasteiger partial charge is 0.353 e. The van der Waals surface area contributed by atoms with Gasteiger partial charge in [-0.1, -0.05) is 41.9 Å². The molecule has 7 heteroatoms. The first-order valence-electron chi connectivity index (χ1n) is 9.96. The SMILES string of the molecule is CC(CCc1ccccc1)NC(=O)C1CCCN(S(=O)(=O)c2ccc(Cl)cc2)C1. The minimum Gasteiger partial charge on any atom is -0.353 e. The summed E-state index contributed by atoms with van der Waals surface area (Å²) >= 11 is 5.86. The van der Waals surface area contributed by atoms with Gasteiger partial charge in [0.05, 0.1) is 10.8 Å². The topological polar surface area (TPSA) is 66.5 Å². The quantitative estimate of drug-likeness (QED) is 0.719. The molecule has 0 saturated carbocycles. The van der Waals surface area contributed by atoms with Gasteiger partial charge < -0.3 is 5.32 Å². The zero-order valence-electron chi connectivity index (χ0n) is 16.6. The number of rotatable bonds is 7. The monoisotopic (exact) mass is 434 g/mol. The van der Waals surface area contributed by atoms with Crippen LogP contribution in [0.5, 0.6) is 0 Å². The summed E-state index contributed by atoms with van der Waals surface area (Å²) in [5, 5.41) is 3.55. The van der Waals surface area contributed by atoms with E-state index in [1.807, 2.05) is 25.1 Å². The van der Waals surface area contributed by atoms with Crippen LogP contribution >= 0.6 is 11.6 Å². The molecular weight excluding hydrogens is 408 g/mol. The first-order chi connectivity index (χ1) is 13.9. The van der Waals surface area contributed by atoms with Crippen LogP contribution < -0.4 is 5.32 Å². The number of piperidine rings is 1. The third-order valence-corrected chi connectivity index (χ3v) is 7.44. The molecule has 0 aromatic heterocycles. The molecule has 2 aromatic rings. The van der Waals surface area contributed by atoms with Crippen LogP contribution in [0.15, 0.2) is 59.5 Å². The smallest absolute Gasteiger partial charge is 0.243 e. The van der Waals surface area contributed by atoms with Crippen molar-refractivity contribution in [3.05, 3.63) is 65.2 Å². The molecule has 2 atom stereocenters. The number of nitrogens with zero attached hydrogens (tertiary/aromatic N) is 1. The normalized spacial score (nSPS) is 18.9. The van der Waals surface area contributed by atoms with Crippen LogP contribution in [0.1, 0.15) is 31.7 Å². The summed E-state index contributed by atoms with van der Waals surface area (Å²) in [6, 6.07) is 16.3. The van der Waals surface area contributed by atoms with Crippen LogP contribution in [-0.2, 0) is 21.2 Å². The van der Waals surface area contributed by atoms with Gasteiger partial charge in [-0.3, -0.25) is 4.79 Å². The van der Waals surface area contributed by atoms with Crippen LogP contribution in [0.4, 0.5) is 0 Å². The van der Waals surface area contributed by atoms with Crippen molar-refractivity contribution in [3.63, 3.8) is 0 Å². The number of nitrogens with one attached hydrogen (secondary N) is 1. The van der Waals surface area contributed by atoms with Gasteiger partial charge in [0.15, 0.2) is 0 Å². The molecule has 29 heavy (non-hydrogen) atoms. The molecule has 0 radical (unpaired) electrons. The number of sulfonamides is 1. The van der Waals surface area contributed by atoms with E-state index in [4.69, 9.17) is 11.6 Å². The number of carbonyl (C=O) groups excluding carboxylic acids is 1. The number of halogens is 1. The van der Waals surface area contributed by atoms with Gasteiger partial charge in [0.2, 0.25) is 15.9 Å². The van der Waals surface area contributed by atoms with E-state index in [0.29, 0.717) is 24.4 Å². The maximum Gasteiger partial charge on any atom is 0.243 e. The molecule has 1 N–H and O–H groups in total. The third-order valence-electron chi connectivity index (χ3n) is 5.30. The fourth-order valence-corrected chi connectivity index (χ4v) is 5.24. The van der Waals surface area contributed by atoms with Crippen LogP contribution in [0.25, 0.3) is 0 Å². The van der Waals surface area contributed by atoms with Crippen molar-refractivity contribution in [2.24, 2.45) is 5.92 Å². The first kappa shape index (κ1) is 21.8. The van der Waals surface area contributed by atoms with Gasteiger partial charge in [0.1, 0.15) is 0 Å². The average Bonchev–Trinajstić information content (AvgIpc) is 2.73. The number of amides is 1. The van der Waals surface area contributed by atoms with Gasteiger partial charge in [-0.25, -0.2) is 8.42 Å². The Bertz CT molecular complexity index is 917. The van der Waals surface area contributed by atoms with Gasteiger partial charge in [-0.15, -0.1) is 0 Å². The molecule has 5 nitrogen and oxygen atoms in total. The number of aryl methyl sites for hydroxylation is 1. The van der Waals surface area contributed by atoms with Crippen LogP contribution in [0.2, 0.25) is 5.02 Å². The van der Waals surface area contributed by atoms with Crippen molar-refractivity contribution in [1.82, 2.24) is 9.62 Å². The second-order valence-electron chi connectivity index (χ2n) is 7.59. The van der Waals surface area contributed by atoms with E-state index in [2.05, 4.69) is 17.4 Å². The van der Waals surface area contributed by atoms with Crippen LogP contribution in [0, 0.1) is 5.92 Å². The minimum atomic E-state index is -3.63. The standard InChI is InChI=1S/C22H27ClN2O3S/c1-17(9-10-18-6-3-2-4-7-18)24-22(26)19-8-5-15-25(16-19)29(27,28)21-13-11-20(23)12-14-21/h2-4,6-7,11-14,17,19H,5,8-10,15-16H2,1H3,(H,24,26). The number of benzene rings is 2. The summed E-state index contributed by atoms with van der Waals surface area (Å²) in [7, 11) is -3.63. The summed E-state index contributed by atoms with van der Waals surface area (Å²) < 4.78 is 27.2. The highest BCUT2D eigenvalue weighted by Crippen LogP contribution is 2.25. The predicted molar refractivity (Wildman–Crippen MR) is 115 cm³/mol. The summed E-state index contributed by atoms with van der Waals surface area (Å²) in [6.45, 7) is 2.63. The molecule has 1 amide bonds. The summed E-state index contributed by atoms with van der Waals surface area (Å²) in [5.41, 5.74) is 1.24. The predicted octanol–water partition coefficient (Wildman–Crippen LogP) is 3.88. The van der Waals surface area contributed by atoms with E-state index in [0.717, 1.165) is 12.8 Å². The van der Waals surface area contributed by atoms with E-state index in [-0.39, 0.29) is 29.3 Å². The molecule has 3 rings (SSSR count). The molecular formula is C22H27ClN2O3S. The van der Waals surface area contributed by atoms with Crippen molar-refractivity contribution < 1.29 is 13.2 Å². The minimum absolute atomic E-state index is 0.0333. The molecule has 0 aliphatic carbocycles. The number of hydrogen-bond donors (Lipinski definition) is 1. The molecule has 2 unspecified atom stereocenters. The highest BCUT2D eigenvalue weighted by Gasteiger charge is 2.33. The van der Waals surface area contributed by atoms with E-state index in [9.17, 15) is 13.2 Å². The lowest BCUT2D eigenvalue weighted by molar-refractivity contribution is -0.126. The summed E-state index contributed by atoms with van der Waals surface area (Å²) in [5.74, 6) is -0.397. The Hall–Kier alpha value is -1.89. The summed E-state index contributed by atoms with van der Waals surface area (Å²) in [4.78, 5) is 12.9. The van der Waals surface area contributed by atoms with Gasteiger partial charge in [-0.2, -0.15) is 4.31 Å². The van der Waals surface area contributed by atoms with Gasteiger partial charge in [0.25, 0.3) is 0 Å². The summed E-state index contributed by atoms with van der Waals surface area (Å²) in [6.07, 6.45) is 3.10. The molecule has 1 saturated heterocycles. The zero-order valence-corrected chi connectivity index (χ0v) is 18.1. The molecule has 2 aromatic carbocycles. The maximum atomic E-state index is 12.9. The molecule has 1 aliphatic rings. The van der Waals surface area contributed by atoms with Gasteiger partial charge in [0, 0.05) is 24.2 Å². The highest BCUT2D eigenvalue weighted by molar-refractivity contribution is 7.89. The number of hydrogen-bond acceptors (Lipinski definition) is 3. The van der Waals surface area contributed by atoms with Crippen molar-refractivity contribution in [3.8, 4) is 0 Å². The second kappa shape index (κ2) is 9.74. The Morgan fingerprint density at radius 1 is 1.17 bits per heavy atom. The van der Waals surface area contributed by atoms with E-state index in [1.165, 1.54) is 22.0 Å². The Kier molecular flexibility index (Phi) is 7.33. The maximum absolute atomic E-state index is 12.9. The Morgan fingerprint density at radius 3 is 2.55 bits per heavy atom. The molecule has 1 fully saturated rings. The van der Waals surface area contributed by atoms with Gasteiger partial charge >= 0.3 is 0 Å². The second-order valence-corrected chi connectivity index (χ2v) is 9.96. The van der Waals surface area contributed by atoms with Crippen molar-refractivity contribution in [1.29, 1.82) is 0 Å². The van der Waals surface area contributed by atoms with E-state index >= 15 is 0 Å². The van der Waals surface area contributed by atoms with Crippen LogP contribution in [-0.4, -0.2) is 37.8 Å². The number of carbonyl (C=O) groups is 1. The van der Waals surface area contributed by atoms with Crippen molar-refractivity contribution >= 4 is 27.5 Å². The zero-order chi connectivity index (χ0) is 20.9. The Morgan fingerprint density at radius 2 is 1.86 bits per heavy atom. The Balaban J connectivity index is 1.56. The first-order valence-corrected chi connectivity index (χ1v) is 11.8. The van der Waals surface area contributed by atoms with Gasteiger partial charge in [-0.05, 0) is 62.4 Å². The fraction of sp³-hybridized carbons (Fsp3) is 0.409. The highest BCUT2D eigenvalue weighted by atomic mass is 35.5. The van der Waals surface area contributed by atoms with Crippen LogP contribution in [0.3, 0.4) is 0 Å². The third kappa shape index (κ3) is 5.81. The Labute approximate surface area is 178 Å². The molecule has 0 spiro atoms. The lowest BCUT2D eigenvalue weighted by Crippen LogP contribution is -2.47. The molecule has 156 valence electrons. The molecule has 1 aliphatic heterocycles. The molecule has 1 heterocycles. The van der Waals surface area contributed by atoms with E-state index in [1.54, 1.807) is 12.1 Å².